The Morgan fingerprint density at radius 2 is 1.62 bits per heavy atom. The number of rotatable bonds is 11. The lowest BCUT2D eigenvalue weighted by Gasteiger charge is -2.28. The monoisotopic (exact) mass is 483 g/mol. The Bertz CT molecular complexity index is 839. The van der Waals surface area contributed by atoms with Crippen LogP contribution >= 0.6 is 0 Å². The average molecular weight is 484 g/mol. The lowest BCUT2D eigenvalue weighted by molar-refractivity contribution is -0.168. The molecule has 0 aliphatic carbocycles. The zero-order chi connectivity index (χ0) is 26.1. The van der Waals surface area contributed by atoms with E-state index in [1.165, 1.54) is 13.0 Å². The number of esters is 2. The minimum absolute atomic E-state index is 0.0164. The summed E-state index contributed by atoms with van der Waals surface area (Å²) in [5, 5.41) is 9.18. The van der Waals surface area contributed by atoms with E-state index in [2.05, 4.69) is 15.8 Å². The summed E-state index contributed by atoms with van der Waals surface area (Å²) >= 11 is 0. The summed E-state index contributed by atoms with van der Waals surface area (Å²) in [7, 11) is 0. The second-order valence-corrected chi connectivity index (χ2v) is 9.25. The van der Waals surface area contributed by atoms with Crippen LogP contribution in [0.4, 0.5) is 4.79 Å². The molecular weight excluding hydrogens is 446 g/mol. The van der Waals surface area contributed by atoms with Crippen LogP contribution in [-0.2, 0) is 35.0 Å². The topological polar surface area (TPSA) is 146 Å². The first-order chi connectivity index (χ1) is 15.7. The molecule has 0 spiro atoms. The third-order valence-corrected chi connectivity index (χ3v) is 4.41. The van der Waals surface area contributed by atoms with Crippen molar-refractivity contribution in [1.82, 2.24) is 15.8 Å². The highest BCUT2D eigenvalue weighted by Gasteiger charge is 2.51. The van der Waals surface area contributed by atoms with Crippen LogP contribution in [0.2, 0.25) is 0 Å². The number of ether oxygens (including phenoxy) is 3. The fourth-order valence-electron chi connectivity index (χ4n) is 3.20. The van der Waals surface area contributed by atoms with E-state index in [0.717, 1.165) is 0 Å². The van der Waals surface area contributed by atoms with Gasteiger partial charge in [0.15, 0.2) is 0 Å². The molecule has 1 heterocycles. The van der Waals surface area contributed by atoms with E-state index in [0.29, 0.717) is 12.1 Å². The minimum Gasteiger partial charge on any atom is -0.464 e. The molecule has 0 radical (unpaired) electrons. The molecule has 1 unspecified atom stereocenters. The molecule has 1 rings (SSSR count). The van der Waals surface area contributed by atoms with Gasteiger partial charge in [0.05, 0.1) is 25.7 Å². The first-order valence-electron chi connectivity index (χ1n) is 11.3. The van der Waals surface area contributed by atoms with Crippen molar-refractivity contribution in [3.63, 3.8) is 0 Å². The van der Waals surface area contributed by atoms with Crippen molar-refractivity contribution in [2.24, 2.45) is 5.92 Å². The largest absolute Gasteiger partial charge is 0.464 e. The van der Waals surface area contributed by atoms with Crippen molar-refractivity contribution < 1.29 is 37.9 Å². The quantitative estimate of drug-likeness (QED) is 0.275. The number of hydrogen-bond donors (Lipinski definition) is 2. The normalized spacial score (nSPS) is 12.6. The maximum absolute atomic E-state index is 12.8. The van der Waals surface area contributed by atoms with Gasteiger partial charge in [-0.3, -0.25) is 4.79 Å². The Labute approximate surface area is 200 Å². The summed E-state index contributed by atoms with van der Waals surface area (Å²) in [6.45, 7) is 13.5. The van der Waals surface area contributed by atoms with Gasteiger partial charge in [0.25, 0.3) is 0 Å². The van der Waals surface area contributed by atoms with Gasteiger partial charge in [-0.2, -0.15) is 0 Å². The Morgan fingerprint density at radius 3 is 2.06 bits per heavy atom. The smallest absolute Gasteiger partial charge is 0.408 e. The van der Waals surface area contributed by atoms with E-state index in [9.17, 15) is 19.2 Å². The van der Waals surface area contributed by atoms with Gasteiger partial charge in [-0.15, -0.1) is 0 Å². The Hall–Kier alpha value is -3.11. The molecule has 1 atom stereocenters. The highest BCUT2D eigenvalue weighted by molar-refractivity contribution is 6.08. The first kappa shape index (κ1) is 28.9. The minimum atomic E-state index is -2.15. The molecule has 0 fully saturated rings. The van der Waals surface area contributed by atoms with E-state index in [-0.39, 0.29) is 24.9 Å². The van der Waals surface area contributed by atoms with E-state index >= 15 is 0 Å². The van der Waals surface area contributed by atoms with Gasteiger partial charge in [0.2, 0.25) is 11.4 Å². The lowest BCUT2D eigenvalue weighted by Crippen LogP contribution is -2.62. The second-order valence-electron chi connectivity index (χ2n) is 9.25. The summed E-state index contributed by atoms with van der Waals surface area (Å²) in [6.07, 6.45) is -0.482. The number of nitrogens with zero attached hydrogens (tertiary/aromatic N) is 1. The Balaban J connectivity index is 3.31. The van der Waals surface area contributed by atoms with Gasteiger partial charge in [-0.05, 0) is 47.0 Å². The number of hydrogen-bond acceptors (Lipinski definition) is 9. The SMILES string of the molecule is CCOC(=O)C(Cc1cc(C(CC(C)C)NC(=O)OC(C)(C)C)no1)(NC(C)=O)C(=O)OCC. The van der Waals surface area contributed by atoms with Crippen molar-refractivity contribution in [1.29, 1.82) is 0 Å². The van der Waals surface area contributed by atoms with E-state index in [1.54, 1.807) is 34.6 Å². The summed E-state index contributed by atoms with van der Waals surface area (Å²) in [5.41, 5.74) is -2.46. The van der Waals surface area contributed by atoms with Crippen LogP contribution in [0.25, 0.3) is 0 Å². The number of amides is 2. The zero-order valence-electron chi connectivity index (χ0n) is 21.3. The van der Waals surface area contributed by atoms with E-state index < -0.39 is 47.5 Å². The van der Waals surface area contributed by atoms with Crippen molar-refractivity contribution >= 4 is 23.9 Å². The second kappa shape index (κ2) is 12.4. The molecular formula is C23H37N3O8. The summed E-state index contributed by atoms with van der Waals surface area (Å²) in [6, 6.07) is 0.965. The van der Waals surface area contributed by atoms with Crippen LogP contribution < -0.4 is 10.6 Å². The van der Waals surface area contributed by atoms with Gasteiger partial charge in [0.1, 0.15) is 17.1 Å². The van der Waals surface area contributed by atoms with Crippen molar-refractivity contribution in [2.75, 3.05) is 13.2 Å². The summed E-state index contributed by atoms with van der Waals surface area (Å²) in [5.74, 6) is -2.29. The first-order valence-corrected chi connectivity index (χ1v) is 11.3. The fourth-order valence-corrected chi connectivity index (χ4v) is 3.20. The molecule has 0 saturated heterocycles. The van der Waals surface area contributed by atoms with Crippen molar-refractivity contribution in [2.45, 2.75) is 85.4 Å². The molecule has 11 nitrogen and oxygen atoms in total. The molecule has 2 amide bonds. The predicted molar refractivity (Wildman–Crippen MR) is 122 cm³/mol. The molecule has 192 valence electrons. The zero-order valence-corrected chi connectivity index (χ0v) is 21.3. The van der Waals surface area contributed by atoms with E-state index in [4.69, 9.17) is 18.7 Å². The van der Waals surface area contributed by atoms with Gasteiger partial charge >= 0.3 is 18.0 Å². The molecule has 1 aromatic heterocycles. The van der Waals surface area contributed by atoms with Crippen LogP contribution in [0.15, 0.2) is 10.6 Å². The standard InChI is InChI=1S/C23H37N3O8/c1-9-31-19(28)23(25-15(5)27,20(29)32-10-2)13-16-12-18(26-34-16)17(11-14(3)4)24-21(30)33-22(6,7)8/h12,14,17H,9-11,13H2,1-8H3,(H,24,30)(H,25,27). The van der Waals surface area contributed by atoms with Crippen LogP contribution in [-0.4, -0.2) is 53.4 Å². The third kappa shape index (κ3) is 8.68. The number of nitrogens with one attached hydrogen (secondary N) is 2. The van der Waals surface area contributed by atoms with Crippen LogP contribution in [0.1, 0.15) is 79.3 Å². The van der Waals surface area contributed by atoms with Gasteiger partial charge in [-0.25, -0.2) is 14.4 Å². The number of carbonyl (C=O) groups is 4. The van der Waals surface area contributed by atoms with Gasteiger partial charge < -0.3 is 29.4 Å². The van der Waals surface area contributed by atoms with Gasteiger partial charge in [0, 0.05) is 13.0 Å². The fraction of sp³-hybridized carbons (Fsp3) is 0.696. The molecule has 11 heteroatoms. The number of aromatic nitrogens is 1. The molecule has 0 bridgehead atoms. The molecule has 0 aromatic carbocycles. The lowest BCUT2D eigenvalue weighted by atomic mass is 9.92. The van der Waals surface area contributed by atoms with Crippen molar-refractivity contribution in [3.8, 4) is 0 Å². The molecule has 34 heavy (non-hydrogen) atoms. The molecule has 0 saturated carbocycles. The highest BCUT2D eigenvalue weighted by atomic mass is 16.6. The Kier molecular flexibility index (Phi) is 10.5. The molecule has 1 aromatic rings. The maximum atomic E-state index is 12.8. The van der Waals surface area contributed by atoms with Gasteiger partial charge in [-0.1, -0.05) is 19.0 Å². The van der Waals surface area contributed by atoms with Crippen LogP contribution in [0.3, 0.4) is 0 Å². The molecule has 2 N–H and O–H groups in total. The molecule has 0 aliphatic rings. The van der Waals surface area contributed by atoms with E-state index in [1.807, 2.05) is 13.8 Å². The summed E-state index contributed by atoms with van der Waals surface area (Å²) in [4.78, 5) is 49.9. The predicted octanol–water partition coefficient (Wildman–Crippen LogP) is 2.83. The number of carbonyl (C=O) groups excluding carboxylic acids is 4. The van der Waals surface area contributed by atoms with Crippen LogP contribution in [0.5, 0.6) is 0 Å². The highest BCUT2D eigenvalue weighted by Crippen LogP contribution is 2.25. The summed E-state index contributed by atoms with van der Waals surface area (Å²) < 4.78 is 20.9. The van der Waals surface area contributed by atoms with Crippen molar-refractivity contribution in [3.05, 3.63) is 17.5 Å². The van der Waals surface area contributed by atoms with Crippen LogP contribution in [0, 0.1) is 5.92 Å². The molecule has 0 aliphatic heterocycles. The average Bonchev–Trinajstić information content (AvgIpc) is 3.13. The number of alkyl carbamates (subject to hydrolysis) is 1. The Morgan fingerprint density at radius 1 is 1.06 bits per heavy atom. The maximum Gasteiger partial charge on any atom is 0.408 e. The third-order valence-electron chi connectivity index (χ3n) is 4.41.